The molecule has 1 aromatic rings. The summed E-state index contributed by atoms with van der Waals surface area (Å²) < 4.78 is 5.16. The molecule has 17 heavy (non-hydrogen) atoms. The van der Waals surface area contributed by atoms with Crippen LogP contribution in [-0.2, 0) is 6.54 Å². The van der Waals surface area contributed by atoms with Crippen LogP contribution >= 0.6 is 0 Å². The summed E-state index contributed by atoms with van der Waals surface area (Å²) in [4.78, 5) is 2.23. The van der Waals surface area contributed by atoms with Gasteiger partial charge in [-0.15, -0.1) is 0 Å². The molecule has 0 saturated heterocycles. The Hall–Kier alpha value is -1.22. The molecule has 1 N–H and O–H groups in total. The van der Waals surface area contributed by atoms with Crippen molar-refractivity contribution in [3.05, 3.63) is 23.8 Å². The van der Waals surface area contributed by atoms with Gasteiger partial charge in [-0.2, -0.15) is 0 Å². The number of nitrogens with zero attached hydrogens (tertiary/aromatic N) is 1. The molecule has 3 nitrogen and oxygen atoms in total. The van der Waals surface area contributed by atoms with Crippen LogP contribution in [0.5, 0.6) is 11.5 Å². The van der Waals surface area contributed by atoms with Crippen molar-refractivity contribution in [3.63, 3.8) is 0 Å². The van der Waals surface area contributed by atoms with Crippen LogP contribution in [0.3, 0.4) is 0 Å². The Kier molecular flexibility index (Phi) is 5.84. The molecule has 0 unspecified atom stereocenters. The Bertz CT molecular complexity index is 339. The first-order valence-corrected chi connectivity index (χ1v) is 6.21. The van der Waals surface area contributed by atoms with Crippen LogP contribution in [0.25, 0.3) is 0 Å². The fourth-order valence-corrected chi connectivity index (χ4v) is 1.82. The van der Waals surface area contributed by atoms with Crippen molar-refractivity contribution in [2.45, 2.75) is 32.7 Å². The van der Waals surface area contributed by atoms with E-state index in [9.17, 15) is 5.11 Å². The van der Waals surface area contributed by atoms with Crippen LogP contribution in [0.2, 0.25) is 0 Å². The van der Waals surface area contributed by atoms with Gasteiger partial charge < -0.3 is 14.7 Å². The normalized spacial score (nSPS) is 10.8. The minimum Gasteiger partial charge on any atom is -0.508 e. The van der Waals surface area contributed by atoms with Crippen molar-refractivity contribution in [3.8, 4) is 11.5 Å². The zero-order chi connectivity index (χ0) is 12.7. The molecule has 0 aliphatic carbocycles. The average molecular weight is 237 g/mol. The lowest BCUT2D eigenvalue weighted by Crippen LogP contribution is -2.19. The van der Waals surface area contributed by atoms with Gasteiger partial charge in [-0.3, -0.25) is 0 Å². The maximum absolute atomic E-state index is 9.77. The van der Waals surface area contributed by atoms with Crippen LogP contribution in [0.15, 0.2) is 18.2 Å². The van der Waals surface area contributed by atoms with E-state index < -0.39 is 0 Å². The van der Waals surface area contributed by atoms with Crippen LogP contribution in [0.1, 0.15) is 31.7 Å². The summed E-state index contributed by atoms with van der Waals surface area (Å²) in [5.41, 5.74) is 0.920. The molecular weight excluding hydrogens is 214 g/mol. The number of methoxy groups -OCH3 is 1. The minimum atomic E-state index is 0.341. The summed E-state index contributed by atoms with van der Waals surface area (Å²) in [7, 11) is 3.72. The van der Waals surface area contributed by atoms with E-state index in [-0.39, 0.29) is 0 Å². The Balaban J connectivity index is 2.54. The van der Waals surface area contributed by atoms with Crippen molar-refractivity contribution >= 4 is 0 Å². The molecule has 0 aliphatic rings. The van der Waals surface area contributed by atoms with E-state index in [1.54, 1.807) is 19.2 Å². The molecule has 0 amide bonds. The maximum Gasteiger partial charge on any atom is 0.120 e. The van der Waals surface area contributed by atoms with Crippen LogP contribution in [0, 0.1) is 0 Å². The number of unbranched alkanes of at least 4 members (excludes halogenated alkanes) is 2. The SMILES string of the molecule is CCCCCN(C)Cc1cc(OC)ccc1O. The van der Waals surface area contributed by atoms with Crippen LogP contribution in [-0.4, -0.2) is 30.7 Å². The molecule has 0 bridgehead atoms. The molecule has 0 aliphatic heterocycles. The quantitative estimate of drug-likeness (QED) is 0.740. The molecule has 0 atom stereocenters. The predicted octanol–water partition coefficient (Wildman–Crippen LogP) is 3.02. The molecule has 1 aromatic carbocycles. The Morgan fingerprint density at radius 1 is 1.29 bits per heavy atom. The van der Waals surface area contributed by atoms with E-state index in [2.05, 4.69) is 18.9 Å². The second-order valence-electron chi connectivity index (χ2n) is 4.44. The molecule has 3 heteroatoms. The van der Waals surface area contributed by atoms with Gasteiger partial charge in [0.15, 0.2) is 0 Å². The molecule has 0 spiro atoms. The van der Waals surface area contributed by atoms with Gasteiger partial charge in [0.25, 0.3) is 0 Å². The Morgan fingerprint density at radius 2 is 2.06 bits per heavy atom. The van der Waals surface area contributed by atoms with Gasteiger partial charge in [-0.05, 0) is 38.2 Å². The molecule has 0 aromatic heterocycles. The van der Waals surface area contributed by atoms with E-state index >= 15 is 0 Å². The van der Waals surface area contributed by atoms with Gasteiger partial charge in [-0.1, -0.05) is 19.8 Å². The number of ether oxygens (including phenoxy) is 1. The molecule has 0 radical (unpaired) electrons. The standard InChI is InChI=1S/C14H23NO2/c1-4-5-6-9-15(2)11-12-10-13(17-3)7-8-14(12)16/h7-8,10,16H,4-6,9,11H2,1-3H3. The van der Waals surface area contributed by atoms with E-state index in [0.29, 0.717) is 5.75 Å². The summed E-state index contributed by atoms with van der Waals surface area (Å²) in [6, 6.07) is 5.36. The van der Waals surface area contributed by atoms with E-state index in [1.165, 1.54) is 19.3 Å². The molecule has 0 heterocycles. The first-order chi connectivity index (χ1) is 8.17. The fourth-order valence-electron chi connectivity index (χ4n) is 1.82. The second-order valence-corrected chi connectivity index (χ2v) is 4.44. The third-order valence-electron chi connectivity index (χ3n) is 2.87. The number of hydrogen-bond donors (Lipinski definition) is 1. The zero-order valence-electron chi connectivity index (χ0n) is 11.1. The summed E-state index contributed by atoms with van der Waals surface area (Å²) in [5, 5.41) is 9.77. The Morgan fingerprint density at radius 3 is 2.71 bits per heavy atom. The Labute approximate surface area is 104 Å². The van der Waals surface area contributed by atoms with Gasteiger partial charge in [0.2, 0.25) is 0 Å². The van der Waals surface area contributed by atoms with Gasteiger partial charge in [0.1, 0.15) is 11.5 Å². The highest BCUT2D eigenvalue weighted by Gasteiger charge is 2.06. The van der Waals surface area contributed by atoms with Crippen molar-refractivity contribution in [1.82, 2.24) is 4.90 Å². The average Bonchev–Trinajstić information content (AvgIpc) is 2.32. The van der Waals surface area contributed by atoms with Gasteiger partial charge >= 0.3 is 0 Å². The molecule has 1 rings (SSSR count). The predicted molar refractivity (Wildman–Crippen MR) is 70.5 cm³/mol. The summed E-state index contributed by atoms with van der Waals surface area (Å²) >= 11 is 0. The molecule has 0 fully saturated rings. The first kappa shape index (κ1) is 13.8. The van der Waals surface area contributed by atoms with E-state index in [1.807, 2.05) is 6.07 Å². The summed E-state index contributed by atoms with van der Waals surface area (Å²) in [5.74, 6) is 1.13. The number of rotatable bonds is 7. The van der Waals surface area contributed by atoms with Gasteiger partial charge in [0.05, 0.1) is 7.11 Å². The number of hydrogen-bond acceptors (Lipinski definition) is 3. The number of benzene rings is 1. The lowest BCUT2D eigenvalue weighted by atomic mass is 10.1. The minimum absolute atomic E-state index is 0.341. The van der Waals surface area contributed by atoms with Crippen LogP contribution in [0.4, 0.5) is 0 Å². The molecule has 96 valence electrons. The number of phenolic OH excluding ortho intramolecular Hbond substituents is 1. The summed E-state index contributed by atoms with van der Waals surface area (Å²) in [6.07, 6.45) is 3.70. The maximum atomic E-state index is 9.77. The largest absolute Gasteiger partial charge is 0.508 e. The second kappa shape index (κ2) is 7.17. The highest BCUT2D eigenvalue weighted by Crippen LogP contribution is 2.23. The molecular formula is C14H23NO2. The van der Waals surface area contributed by atoms with Gasteiger partial charge in [-0.25, -0.2) is 0 Å². The van der Waals surface area contributed by atoms with Gasteiger partial charge in [0, 0.05) is 12.1 Å². The van der Waals surface area contributed by atoms with Crippen molar-refractivity contribution < 1.29 is 9.84 Å². The van der Waals surface area contributed by atoms with Crippen molar-refractivity contribution in [2.24, 2.45) is 0 Å². The first-order valence-electron chi connectivity index (χ1n) is 6.21. The van der Waals surface area contributed by atoms with Crippen molar-refractivity contribution in [2.75, 3.05) is 20.7 Å². The van der Waals surface area contributed by atoms with Crippen molar-refractivity contribution in [1.29, 1.82) is 0 Å². The lowest BCUT2D eigenvalue weighted by molar-refractivity contribution is 0.311. The van der Waals surface area contributed by atoms with E-state index in [4.69, 9.17) is 4.74 Å². The third kappa shape index (κ3) is 4.65. The topological polar surface area (TPSA) is 32.7 Å². The zero-order valence-corrected chi connectivity index (χ0v) is 11.1. The third-order valence-corrected chi connectivity index (χ3v) is 2.87. The molecule has 0 saturated carbocycles. The summed E-state index contributed by atoms with van der Waals surface area (Å²) in [6.45, 7) is 4.02. The lowest BCUT2D eigenvalue weighted by Gasteiger charge is -2.17. The highest BCUT2D eigenvalue weighted by atomic mass is 16.5. The van der Waals surface area contributed by atoms with E-state index in [0.717, 1.165) is 24.4 Å². The highest BCUT2D eigenvalue weighted by molar-refractivity contribution is 5.39. The smallest absolute Gasteiger partial charge is 0.120 e. The number of phenols is 1. The fraction of sp³-hybridized carbons (Fsp3) is 0.571. The van der Waals surface area contributed by atoms with Crippen LogP contribution < -0.4 is 4.74 Å². The monoisotopic (exact) mass is 237 g/mol. The number of aromatic hydroxyl groups is 1.